The van der Waals surface area contributed by atoms with Gasteiger partial charge < -0.3 is 25.8 Å². The van der Waals surface area contributed by atoms with Gasteiger partial charge in [-0.05, 0) is 12.5 Å². The number of oxime groups is 1. The first-order chi connectivity index (χ1) is 12.9. The third-order valence-electron chi connectivity index (χ3n) is 3.77. The van der Waals surface area contributed by atoms with Crippen molar-refractivity contribution in [3.8, 4) is 0 Å². The van der Waals surface area contributed by atoms with E-state index in [1.54, 1.807) is 5.38 Å². The van der Waals surface area contributed by atoms with Crippen molar-refractivity contribution in [1.82, 2.24) is 15.2 Å². The van der Waals surface area contributed by atoms with Crippen LogP contribution in [0.3, 0.4) is 0 Å². The van der Waals surface area contributed by atoms with E-state index in [1.165, 1.54) is 17.8 Å². The van der Waals surface area contributed by atoms with E-state index >= 15 is 0 Å². The molecular formula is C15H16N5NaO5S2. The smallest absolute Gasteiger partial charge is 0.543 e. The zero-order chi connectivity index (χ0) is 19.6. The first-order valence-corrected chi connectivity index (χ1v) is 9.95. The number of fused-ring (bicyclic) bond motifs is 1. The van der Waals surface area contributed by atoms with Crippen molar-refractivity contribution in [2.45, 2.75) is 24.8 Å². The zero-order valence-electron chi connectivity index (χ0n) is 15.2. The van der Waals surface area contributed by atoms with Gasteiger partial charge >= 0.3 is 29.6 Å². The Labute approximate surface area is 190 Å². The average Bonchev–Trinajstić information content (AvgIpc) is 3.08. The van der Waals surface area contributed by atoms with E-state index in [0.717, 1.165) is 16.2 Å². The van der Waals surface area contributed by atoms with Crippen molar-refractivity contribution in [2.24, 2.45) is 5.16 Å². The molecular weight excluding hydrogens is 417 g/mol. The predicted octanol–water partition coefficient (Wildman–Crippen LogP) is -4.11. The normalized spacial score (nSPS) is 21.0. The van der Waals surface area contributed by atoms with Crippen LogP contribution < -0.4 is 45.7 Å². The number of hydrogen-bond donors (Lipinski definition) is 2. The van der Waals surface area contributed by atoms with Crippen molar-refractivity contribution in [3.05, 3.63) is 22.8 Å². The van der Waals surface area contributed by atoms with Gasteiger partial charge in [-0.3, -0.25) is 14.5 Å². The number of aromatic nitrogens is 1. The summed E-state index contributed by atoms with van der Waals surface area (Å²) in [6.45, 7) is 2.20. The van der Waals surface area contributed by atoms with Gasteiger partial charge in [0.25, 0.3) is 11.8 Å². The van der Waals surface area contributed by atoms with Gasteiger partial charge in [-0.2, -0.15) is 0 Å². The molecule has 0 bridgehead atoms. The molecule has 0 unspecified atom stereocenters. The second kappa shape index (κ2) is 9.74. The van der Waals surface area contributed by atoms with E-state index in [1.807, 2.05) is 6.92 Å². The van der Waals surface area contributed by atoms with Crippen LogP contribution in [0.25, 0.3) is 0 Å². The van der Waals surface area contributed by atoms with Crippen LogP contribution in [0.2, 0.25) is 0 Å². The number of thioether (sulfide) groups is 1. The Hall–Kier alpha value is -1.60. The molecule has 1 saturated heterocycles. The molecule has 1 aromatic rings. The Kier molecular flexibility index (Phi) is 7.89. The molecule has 144 valence electrons. The number of β-lactam (4-membered cyclic amide) rings is 1. The Morgan fingerprint density at radius 1 is 1.54 bits per heavy atom. The third-order valence-corrected chi connectivity index (χ3v) is 5.63. The number of amides is 2. The number of thiazole rings is 1. The molecule has 1 fully saturated rings. The summed E-state index contributed by atoms with van der Waals surface area (Å²) in [6.07, 6.45) is 2.11. The predicted molar refractivity (Wildman–Crippen MR) is 97.4 cm³/mol. The molecule has 2 amide bonds. The van der Waals surface area contributed by atoms with Crippen molar-refractivity contribution in [3.63, 3.8) is 0 Å². The summed E-state index contributed by atoms with van der Waals surface area (Å²) in [6, 6.07) is -0.877. The SMILES string of the molecule is CCCO/N=C(\C(=O)N[C@@H]1C(=O)N2C(C(=O)[O-])=CCS[C@H]12)c1csc(N)n1.[Na+]. The number of nitrogen functional groups attached to an aromatic ring is 1. The van der Waals surface area contributed by atoms with Crippen LogP contribution in [-0.2, 0) is 19.2 Å². The fraction of sp³-hybridized carbons (Fsp3) is 0.400. The van der Waals surface area contributed by atoms with Crippen molar-refractivity contribution < 1.29 is 53.9 Å². The van der Waals surface area contributed by atoms with Gasteiger partial charge in [-0.15, -0.1) is 23.1 Å². The zero-order valence-corrected chi connectivity index (χ0v) is 18.8. The number of hydrogen-bond acceptors (Lipinski definition) is 10. The average molecular weight is 433 g/mol. The molecule has 0 saturated carbocycles. The summed E-state index contributed by atoms with van der Waals surface area (Å²) in [7, 11) is 0. The number of anilines is 1. The molecule has 1 aromatic heterocycles. The summed E-state index contributed by atoms with van der Waals surface area (Å²) < 4.78 is 0. The number of aliphatic carboxylic acids is 1. The second-order valence-corrected chi connectivity index (χ2v) is 7.64. The van der Waals surface area contributed by atoms with E-state index in [0.29, 0.717) is 18.8 Å². The monoisotopic (exact) mass is 433 g/mol. The van der Waals surface area contributed by atoms with Gasteiger partial charge in [0.05, 0.1) is 11.7 Å². The minimum atomic E-state index is -1.42. The van der Waals surface area contributed by atoms with Crippen molar-refractivity contribution >= 4 is 51.7 Å². The van der Waals surface area contributed by atoms with Crippen LogP contribution in [0.5, 0.6) is 0 Å². The van der Waals surface area contributed by atoms with Crippen LogP contribution in [0, 0.1) is 0 Å². The molecule has 3 rings (SSSR count). The van der Waals surface area contributed by atoms with Gasteiger partial charge in [0.1, 0.15) is 23.7 Å². The molecule has 10 nitrogen and oxygen atoms in total. The number of carboxylic acids is 1. The first-order valence-electron chi connectivity index (χ1n) is 8.02. The standard InChI is InChI=1S/C15H17N5O5S2.Na/c1-2-4-25-19-9(7-6-27-15(16)17-7)11(21)18-10-12(22)20-8(14(23)24)3-5-26-13(10)20;/h3,6,10,13H,2,4-5H2,1H3,(H2,16,17)(H,18,21)(H,23,24);/q;+1/p-1/b19-9-;/t10-,13-;/m1./s1. The maximum Gasteiger partial charge on any atom is 1.00 e. The summed E-state index contributed by atoms with van der Waals surface area (Å²) in [5, 5.41) is 18.9. The van der Waals surface area contributed by atoms with E-state index in [2.05, 4.69) is 15.5 Å². The third kappa shape index (κ3) is 4.51. The number of carbonyl (C=O) groups is 3. The number of nitrogens with zero attached hydrogens (tertiary/aromatic N) is 3. The fourth-order valence-corrected chi connectivity index (χ4v) is 4.28. The molecule has 2 aliphatic heterocycles. The maximum absolute atomic E-state index is 12.7. The minimum absolute atomic E-state index is 0. The van der Waals surface area contributed by atoms with Crippen LogP contribution in [-0.4, -0.2) is 57.2 Å². The van der Waals surface area contributed by atoms with E-state index in [4.69, 9.17) is 10.6 Å². The van der Waals surface area contributed by atoms with Gasteiger partial charge in [-0.1, -0.05) is 12.1 Å². The Bertz CT molecular complexity index is 843. The molecule has 2 atom stereocenters. The largest absolute Gasteiger partial charge is 1.00 e. The number of nitrogens with one attached hydrogen (secondary N) is 1. The summed E-state index contributed by atoms with van der Waals surface area (Å²) in [5.41, 5.74) is 5.57. The molecule has 13 heteroatoms. The van der Waals surface area contributed by atoms with Crippen LogP contribution >= 0.6 is 23.1 Å². The van der Waals surface area contributed by atoms with Crippen LogP contribution in [0.15, 0.2) is 22.3 Å². The fourth-order valence-electron chi connectivity index (χ4n) is 2.54. The van der Waals surface area contributed by atoms with Gasteiger partial charge in [0.15, 0.2) is 10.8 Å². The molecule has 0 radical (unpaired) electrons. The van der Waals surface area contributed by atoms with E-state index in [9.17, 15) is 19.5 Å². The van der Waals surface area contributed by atoms with E-state index < -0.39 is 29.2 Å². The van der Waals surface area contributed by atoms with E-state index in [-0.39, 0.29) is 51.8 Å². The van der Waals surface area contributed by atoms with Gasteiger partial charge in [0, 0.05) is 11.1 Å². The molecule has 0 spiro atoms. The molecule has 3 N–H and O–H groups in total. The molecule has 0 aliphatic carbocycles. The van der Waals surface area contributed by atoms with Gasteiger partial charge in [0.2, 0.25) is 0 Å². The molecule has 2 aliphatic rings. The number of carboxylic acid groups (broad SMARTS) is 1. The summed E-state index contributed by atoms with van der Waals surface area (Å²) in [4.78, 5) is 46.4. The number of rotatable bonds is 7. The first kappa shape index (κ1) is 22.7. The summed E-state index contributed by atoms with van der Waals surface area (Å²) >= 11 is 2.48. The Morgan fingerprint density at radius 3 is 2.89 bits per heavy atom. The van der Waals surface area contributed by atoms with Gasteiger partial charge in [-0.25, -0.2) is 4.98 Å². The number of nitrogens with two attached hydrogens (primary N) is 1. The molecule has 28 heavy (non-hydrogen) atoms. The Balaban J connectivity index is 0.00000280. The molecule has 3 heterocycles. The van der Waals surface area contributed by atoms with Crippen molar-refractivity contribution in [1.29, 1.82) is 0 Å². The second-order valence-electron chi connectivity index (χ2n) is 5.60. The summed E-state index contributed by atoms with van der Waals surface area (Å²) in [5.74, 6) is -2.21. The van der Waals surface area contributed by atoms with Crippen molar-refractivity contribution in [2.75, 3.05) is 18.1 Å². The topological polar surface area (TPSA) is 150 Å². The molecule has 0 aromatic carbocycles. The quantitative estimate of drug-likeness (QED) is 0.145. The Morgan fingerprint density at radius 2 is 2.29 bits per heavy atom. The maximum atomic E-state index is 12.7. The number of carbonyl (C=O) groups excluding carboxylic acids is 3. The minimum Gasteiger partial charge on any atom is -0.543 e. The van der Waals surface area contributed by atoms with Crippen LogP contribution in [0.1, 0.15) is 19.0 Å². The van der Waals surface area contributed by atoms with Crippen LogP contribution in [0.4, 0.5) is 5.13 Å².